The van der Waals surface area contributed by atoms with Crippen molar-refractivity contribution in [2.45, 2.75) is 76.8 Å². The lowest BCUT2D eigenvalue weighted by Crippen LogP contribution is -2.48. The van der Waals surface area contributed by atoms with Crippen molar-refractivity contribution in [1.29, 1.82) is 0 Å². The molecular formula is C19H35N3O2. The SMILES string of the molecule is CC1CCN(C2CCC(NC(=O)NCC3(CCO)CC3)CC2)CC1. The third-order valence-electron chi connectivity index (χ3n) is 6.59. The van der Waals surface area contributed by atoms with Crippen molar-refractivity contribution in [3.63, 3.8) is 0 Å². The van der Waals surface area contributed by atoms with Gasteiger partial charge >= 0.3 is 6.03 Å². The molecule has 0 radical (unpaired) electrons. The minimum Gasteiger partial charge on any atom is -0.396 e. The molecule has 0 aromatic carbocycles. The average Bonchev–Trinajstić information content (AvgIpc) is 3.35. The molecule has 0 aromatic heterocycles. The summed E-state index contributed by atoms with van der Waals surface area (Å²) in [5.74, 6) is 0.892. The first-order chi connectivity index (χ1) is 11.6. The van der Waals surface area contributed by atoms with E-state index in [2.05, 4.69) is 22.5 Å². The fraction of sp³-hybridized carbons (Fsp3) is 0.947. The lowest BCUT2D eigenvalue weighted by Gasteiger charge is -2.40. The Bertz CT molecular complexity index is 409. The zero-order valence-corrected chi connectivity index (χ0v) is 15.2. The second-order valence-corrected chi connectivity index (χ2v) is 8.52. The molecule has 0 unspecified atom stereocenters. The molecule has 2 aliphatic carbocycles. The molecule has 3 rings (SSSR count). The molecule has 5 heteroatoms. The minimum atomic E-state index is -0.0190. The van der Waals surface area contributed by atoms with Gasteiger partial charge in [0.15, 0.2) is 0 Å². The topological polar surface area (TPSA) is 64.6 Å². The van der Waals surface area contributed by atoms with Gasteiger partial charge in [0.05, 0.1) is 0 Å². The van der Waals surface area contributed by atoms with Gasteiger partial charge in [0, 0.05) is 25.2 Å². The van der Waals surface area contributed by atoms with Crippen molar-refractivity contribution in [2.75, 3.05) is 26.2 Å². The van der Waals surface area contributed by atoms with Crippen molar-refractivity contribution < 1.29 is 9.90 Å². The lowest BCUT2D eigenvalue weighted by molar-refractivity contribution is 0.104. The Kier molecular flexibility index (Phi) is 6.03. The number of likely N-dealkylation sites (tertiary alicyclic amines) is 1. The number of amides is 2. The Hall–Kier alpha value is -0.810. The number of carbonyl (C=O) groups is 1. The zero-order valence-electron chi connectivity index (χ0n) is 15.2. The molecule has 24 heavy (non-hydrogen) atoms. The Morgan fingerprint density at radius 1 is 1.12 bits per heavy atom. The second kappa shape index (κ2) is 8.05. The van der Waals surface area contributed by atoms with Crippen molar-refractivity contribution >= 4 is 6.03 Å². The summed E-state index contributed by atoms with van der Waals surface area (Å²) in [5, 5.41) is 15.3. The van der Waals surface area contributed by atoms with Gasteiger partial charge in [-0.1, -0.05) is 6.92 Å². The number of carbonyl (C=O) groups excluding carboxylic acids is 1. The molecular weight excluding hydrogens is 302 g/mol. The highest BCUT2D eigenvalue weighted by atomic mass is 16.3. The van der Waals surface area contributed by atoms with Crippen LogP contribution in [0, 0.1) is 11.3 Å². The van der Waals surface area contributed by atoms with Gasteiger partial charge in [-0.05, 0) is 82.2 Å². The second-order valence-electron chi connectivity index (χ2n) is 8.52. The Labute approximate surface area is 146 Å². The van der Waals surface area contributed by atoms with Crippen molar-refractivity contribution in [3.05, 3.63) is 0 Å². The molecule has 3 fully saturated rings. The molecule has 1 heterocycles. The number of nitrogens with one attached hydrogen (secondary N) is 2. The smallest absolute Gasteiger partial charge is 0.315 e. The van der Waals surface area contributed by atoms with E-state index in [-0.39, 0.29) is 18.1 Å². The van der Waals surface area contributed by atoms with E-state index < -0.39 is 0 Å². The highest BCUT2D eigenvalue weighted by molar-refractivity contribution is 5.74. The maximum absolute atomic E-state index is 12.1. The van der Waals surface area contributed by atoms with Crippen LogP contribution in [0.2, 0.25) is 0 Å². The number of nitrogens with zero attached hydrogens (tertiary/aromatic N) is 1. The molecule has 3 N–H and O–H groups in total. The Morgan fingerprint density at radius 2 is 1.79 bits per heavy atom. The first-order valence-electron chi connectivity index (χ1n) is 9.99. The van der Waals surface area contributed by atoms with Gasteiger partial charge in [-0.2, -0.15) is 0 Å². The number of urea groups is 1. The van der Waals surface area contributed by atoms with E-state index in [1.54, 1.807) is 0 Å². The van der Waals surface area contributed by atoms with Crippen molar-refractivity contribution in [3.8, 4) is 0 Å². The predicted molar refractivity (Wildman–Crippen MR) is 95.9 cm³/mol. The number of hydrogen-bond donors (Lipinski definition) is 3. The predicted octanol–water partition coefficient (Wildman–Crippen LogP) is 2.49. The number of aliphatic hydroxyl groups is 1. The lowest BCUT2D eigenvalue weighted by atomic mass is 9.88. The molecule has 1 saturated heterocycles. The van der Waals surface area contributed by atoms with E-state index in [1.807, 2.05) is 0 Å². The van der Waals surface area contributed by atoms with Crippen LogP contribution in [-0.4, -0.2) is 54.4 Å². The summed E-state index contributed by atoms with van der Waals surface area (Å²) in [6.07, 6.45) is 10.4. The maximum Gasteiger partial charge on any atom is 0.315 e. The summed E-state index contributed by atoms with van der Waals surface area (Å²) in [4.78, 5) is 14.8. The summed E-state index contributed by atoms with van der Waals surface area (Å²) < 4.78 is 0. The summed E-state index contributed by atoms with van der Waals surface area (Å²) >= 11 is 0. The molecule has 0 aromatic rings. The standard InChI is InChI=1S/C19H35N3O2/c1-15-6-11-22(12-7-15)17-4-2-16(3-5-17)21-18(24)20-14-19(8-9-19)10-13-23/h15-17,23H,2-14H2,1H3,(H2,20,21,24). The summed E-state index contributed by atoms with van der Waals surface area (Å²) in [7, 11) is 0. The fourth-order valence-electron chi connectivity index (χ4n) is 4.41. The summed E-state index contributed by atoms with van der Waals surface area (Å²) in [5.41, 5.74) is 0.190. The molecule has 138 valence electrons. The molecule has 0 spiro atoms. The van der Waals surface area contributed by atoms with Crippen LogP contribution in [0.5, 0.6) is 0 Å². The Morgan fingerprint density at radius 3 is 2.38 bits per heavy atom. The van der Waals surface area contributed by atoms with E-state index in [9.17, 15) is 4.79 Å². The zero-order chi connectivity index (χ0) is 17.0. The third-order valence-corrected chi connectivity index (χ3v) is 6.59. The molecule has 2 saturated carbocycles. The van der Waals surface area contributed by atoms with Crippen LogP contribution in [0.15, 0.2) is 0 Å². The van der Waals surface area contributed by atoms with Crippen LogP contribution >= 0.6 is 0 Å². The largest absolute Gasteiger partial charge is 0.396 e. The summed E-state index contributed by atoms with van der Waals surface area (Å²) in [6, 6.07) is 1.05. The van der Waals surface area contributed by atoms with Gasteiger partial charge in [-0.15, -0.1) is 0 Å². The minimum absolute atomic E-state index is 0.0190. The fourth-order valence-corrected chi connectivity index (χ4v) is 4.41. The monoisotopic (exact) mass is 337 g/mol. The summed E-state index contributed by atoms with van der Waals surface area (Å²) in [6.45, 7) is 5.82. The van der Waals surface area contributed by atoms with Crippen LogP contribution in [-0.2, 0) is 0 Å². The average molecular weight is 338 g/mol. The first-order valence-corrected chi connectivity index (χ1v) is 9.99. The molecule has 5 nitrogen and oxygen atoms in total. The first kappa shape index (κ1) is 18.0. The van der Waals surface area contributed by atoms with Crippen molar-refractivity contribution in [1.82, 2.24) is 15.5 Å². The van der Waals surface area contributed by atoms with E-state index >= 15 is 0 Å². The quantitative estimate of drug-likeness (QED) is 0.698. The van der Waals surface area contributed by atoms with Crippen LogP contribution in [0.1, 0.15) is 64.7 Å². The molecule has 0 atom stereocenters. The third kappa shape index (κ3) is 4.85. The van der Waals surface area contributed by atoms with Crippen LogP contribution in [0.3, 0.4) is 0 Å². The van der Waals surface area contributed by atoms with Gasteiger partial charge in [0.2, 0.25) is 0 Å². The van der Waals surface area contributed by atoms with Gasteiger partial charge in [0.25, 0.3) is 0 Å². The Balaban J connectivity index is 1.32. The molecule has 1 aliphatic heterocycles. The highest BCUT2D eigenvalue weighted by Gasteiger charge is 2.42. The van der Waals surface area contributed by atoms with Gasteiger partial charge in [-0.25, -0.2) is 4.79 Å². The number of rotatable bonds is 6. The van der Waals surface area contributed by atoms with Crippen LogP contribution in [0.4, 0.5) is 4.79 Å². The van der Waals surface area contributed by atoms with E-state index in [4.69, 9.17) is 5.11 Å². The normalized spacial score (nSPS) is 30.8. The van der Waals surface area contributed by atoms with E-state index in [0.29, 0.717) is 12.6 Å². The van der Waals surface area contributed by atoms with Gasteiger partial charge in [0.1, 0.15) is 0 Å². The van der Waals surface area contributed by atoms with Gasteiger partial charge in [-0.3, -0.25) is 0 Å². The number of hydrogen-bond acceptors (Lipinski definition) is 3. The maximum atomic E-state index is 12.1. The van der Waals surface area contributed by atoms with Crippen molar-refractivity contribution in [2.24, 2.45) is 11.3 Å². The van der Waals surface area contributed by atoms with Crippen LogP contribution in [0.25, 0.3) is 0 Å². The molecule has 2 amide bonds. The molecule has 0 bridgehead atoms. The van der Waals surface area contributed by atoms with Gasteiger partial charge < -0.3 is 20.6 Å². The van der Waals surface area contributed by atoms with Crippen LogP contribution < -0.4 is 10.6 Å². The molecule has 3 aliphatic rings. The van der Waals surface area contributed by atoms with E-state index in [0.717, 1.165) is 44.1 Å². The van der Waals surface area contributed by atoms with E-state index in [1.165, 1.54) is 38.8 Å². The number of aliphatic hydroxyl groups excluding tert-OH is 1. The highest BCUT2D eigenvalue weighted by Crippen LogP contribution is 2.47. The number of piperidine rings is 1.